The van der Waals surface area contributed by atoms with Crippen LogP contribution >= 0.6 is 0 Å². The molecule has 23 heavy (non-hydrogen) atoms. The van der Waals surface area contributed by atoms with Crippen LogP contribution in [0.2, 0.25) is 0 Å². The summed E-state index contributed by atoms with van der Waals surface area (Å²) in [6.07, 6.45) is 1.87. The SMILES string of the molecule is C=Cc1ccccc1N(C)C.O=[N+]([O-])c1cccc([N+](=O)[O-])c1. The zero-order valence-electron chi connectivity index (χ0n) is 12.9. The quantitative estimate of drug-likeness (QED) is 0.630. The highest BCUT2D eigenvalue weighted by atomic mass is 16.6. The monoisotopic (exact) mass is 315 g/mol. The lowest BCUT2D eigenvalue weighted by Crippen LogP contribution is -2.09. The molecular formula is C16H17N3O4. The van der Waals surface area contributed by atoms with E-state index in [1.165, 1.54) is 29.4 Å². The highest BCUT2D eigenvalue weighted by Gasteiger charge is 2.11. The number of para-hydroxylation sites is 1. The Bertz CT molecular complexity index is 685. The van der Waals surface area contributed by atoms with Crippen LogP contribution in [0.5, 0.6) is 0 Å². The summed E-state index contributed by atoms with van der Waals surface area (Å²) in [6, 6.07) is 12.8. The molecule has 2 rings (SSSR count). The van der Waals surface area contributed by atoms with Crippen molar-refractivity contribution in [2.24, 2.45) is 0 Å². The lowest BCUT2D eigenvalue weighted by atomic mass is 10.1. The molecule has 7 nitrogen and oxygen atoms in total. The Balaban J connectivity index is 0.000000231. The second kappa shape index (κ2) is 8.28. The van der Waals surface area contributed by atoms with E-state index < -0.39 is 9.85 Å². The lowest BCUT2D eigenvalue weighted by Gasteiger charge is -2.14. The molecule has 0 bridgehead atoms. The van der Waals surface area contributed by atoms with Gasteiger partial charge in [0.1, 0.15) is 0 Å². The van der Waals surface area contributed by atoms with Gasteiger partial charge in [-0.3, -0.25) is 20.2 Å². The molecule has 0 aliphatic heterocycles. The molecule has 0 aromatic heterocycles. The largest absolute Gasteiger partial charge is 0.377 e. The molecule has 0 radical (unpaired) electrons. The minimum Gasteiger partial charge on any atom is -0.377 e. The topological polar surface area (TPSA) is 89.5 Å². The Hall–Kier alpha value is -3.22. The molecule has 0 aliphatic carbocycles. The molecule has 0 spiro atoms. The molecular weight excluding hydrogens is 298 g/mol. The fourth-order valence-electron chi connectivity index (χ4n) is 1.79. The van der Waals surface area contributed by atoms with Crippen molar-refractivity contribution in [3.05, 3.63) is 80.9 Å². The van der Waals surface area contributed by atoms with Crippen LogP contribution in [0.1, 0.15) is 5.56 Å². The summed E-state index contributed by atoms with van der Waals surface area (Å²) in [5.74, 6) is 0. The van der Waals surface area contributed by atoms with E-state index in [2.05, 4.69) is 23.6 Å². The predicted molar refractivity (Wildman–Crippen MR) is 90.6 cm³/mol. The summed E-state index contributed by atoms with van der Waals surface area (Å²) in [5, 5.41) is 20.3. The maximum absolute atomic E-state index is 10.2. The van der Waals surface area contributed by atoms with E-state index in [1.54, 1.807) is 0 Å². The van der Waals surface area contributed by atoms with Gasteiger partial charge in [0.2, 0.25) is 0 Å². The van der Waals surface area contributed by atoms with Gasteiger partial charge in [0.15, 0.2) is 0 Å². The van der Waals surface area contributed by atoms with Crippen molar-refractivity contribution in [2.45, 2.75) is 0 Å². The molecule has 0 unspecified atom stereocenters. The van der Waals surface area contributed by atoms with Crippen LogP contribution < -0.4 is 4.90 Å². The van der Waals surface area contributed by atoms with Crippen molar-refractivity contribution in [1.29, 1.82) is 0 Å². The van der Waals surface area contributed by atoms with E-state index in [9.17, 15) is 20.2 Å². The Kier molecular flexibility index (Phi) is 6.42. The molecule has 0 amide bonds. The molecule has 0 aliphatic rings. The Morgan fingerprint density at radius 2 is 1.48 bits per heavy atom. The van der Waals surface area contributed by atoms with Crippen LogP contribution in [-0.2, 0) is 0 Å². The molecule has 120 valence electrons. The standard InChI is InChI=1S/C10H13N.C6H4N2O4/c1-4-9-7-5-6-8-10(9)11(2)3;9-7(10)5-2-1-3-6(4-5)8(11)12/h4-8H,1H2,2-3H3;1-4H. The molecule has 0 atom stereocenters. The number of nitro groups is 2. The molecule has 7 heteroatoms. The average molecular weight is 315 g/mol. The Labute approximate surface area is 133 Å². The van der Waals surface area contributed by atoms with Crippen LogP contribution in [0, 0.1) is 20.2 Å². The van der Waals surface area contributed by atoms with Crippen LogP contribution in [-0.4, -0.2) is 23.9 Å². The van der Waals surface area contributed by atoms with Crippen molar-refractivity contribution < 1.29 is 9.85 Å². The summed E-state index contributed by atoms with van der Waals surface area (Å²) >= 11 is 0. The van der Waals surface area contributed by atoms with Gasteiger partial charge in [0.05, 0.1) is 15.9 Å². The van der Waals surface area contributed by atoms with Gasteiger partial charge >= 0.3 is 0 Å². The van der Waals surface area contributed by atoms with Gasteiger partial charge in [-0.05, 0) is 17.7 Å². The van der Waals surface area contributed by atoms with Gasteiger partial charge in [-0.2, -0.15) is 0 Å². The maximum atomic E-state index is 10.2. The van der Waals surface area contributed by atoms with Gasteiger partial charge in [-0.1, -0.05) is 30.9 Å². The van der Waals surface area contributed by atoms with Crippen LogP contribution in [0.3, 0.4) is 0 Å². The molecule has 0 saturated carbocycles. The fourth-order valence-corrected chi connectivity index (χ4v) is 1.79. The van der Waals surface area contributed by atoms with Gasteiger partial charge in [0.25, 0.3) is 11.4 Å². The molecule has 0 N–H and O–H groups in total. The first-order valence-electron chi connectivity index (χ1n) is 6.64. The lowest BCUT2D eigenvalue weighted by molar-refractivity contribution is -0.394. The predicted octanol–water partition coefficient (Wildman–Crippen LogP) is 3.90. The summed E-state index contributed by atoms with van der Waals surface area (Å²) in [4.78, 5) is 21.1. The van der Waals surface area contributed by atoms with Crippen molar-refractivity contribution in [1.82, 2.24) is 0 Å². The van der Waals surface area contributed by atoms with Crippen molar-refractivity contribution in [2.75, 3.05) is 19.0 Å². The minimum absolute atomic E-state index is 0.274. The van der Waals surface area contributed by atoms with E-state index in [4.69, 9.17) is 0 Å². The van der Waals surface area contributed by atoms with Crippen LogP contribution in [0.15, 0.2) is 55.1 Å². The van der Waals surface area contributed by atoms with Crippen LogP contribution in [0.25, 0.3) is 6.08 Å². The second-order valence-electron chi connectivity index (χ2n) is 4.69. The Morgan fingerprint density at radius 1 is 0.957 bits per heavy atom. The van der Waals surface area contributed by atoms with E-state index in [0.717, 1.165) is 6.07 Å². The molecule has 0 fully saturated rings. The first kappa shape index (κ1) is 17.8. The smallest absolute Gasteiger partial charge is 0.276 e. The highest BCUT2D eigenvalue weighted by Crippen LogP contribution is 2.19. The van der Waals surface area contributed by atoms with Crippen molar-refractivity contribution >= 4 is 23.1 Å². The zero-order valence-corrected chi connectivity index (χ0v) is 12.9. The van der Waals surface area contributed by atoms with Gasteiger partial charge in [0, 0.05) is 31.9 Å². The number of hydrogen-bond acceptors (Lipinski definition) is 5. The summed E-state index contributed by atoms with van der Waals surface area (Å²) in [5.41, 5.74) is 1.84. The summed E-state index contributed by atoms with van der Waals surface area (Å²) < 4.78 is 0. The maximum Gasteiger partial charge on any atom is 0.276 e. The summed E-state index contributed by atoms with van der Waals surface area (Å²) in [6.45, 7) is 3.75. The van der Waals surface area contributed by atoms with E-state index in [1.807, 2.05) is 32.3 Å². The first-order chi connectivity index (χ1) is 10.9. The average Bonchev–Trinajstić information content (AvgIpc) is 2.55. The van der Waals surface area contributed by atoms with E-state index in [-0.39, 0.29) is 11.4 Å². The number of anilines is 1. The third-order valence-electron chi connectivity index (χ3n) is 2.89. The number of benzene rings is 2. The van der Waals surface area contributed by atoms with Gasteiger partial charge in [-0.25, -0.2) is 0 Å². The molecule has 0 saturated heterocycles. The summed E-state index contributed by atoms with van der Waals surface area (Å²) in [7, 11) is 4.06. The van der Waals surface area contributed by atoms with E-state index in [0.29, 0.717) is 0 Å². The number of hydrogen-bond donors (Lipinski definition) is 0. The minimum atomic E-state index is -0.674. The highest BCUT2D eigenvalue weighted by molar-refractivity contribution is 5.66. The Morgan fingerprint density at radius 3 is 1.87 bits per heavy atom. The third kappa shape index (κ3) is 5.24. The third-order valence-corrected chi connectivity index (χ3v) is 2.89. The molecule has 2 aromatic carbocycles. The number of non-ortho nitro benzene ring substituents is 2. The van der Waals surface area contributed by atoms with Crippen LogP contribution in [0.4, 0.5) is 17.1 Å². The number of nitrogens with zero attached hydrogens (tertiary/aromatic N) is 3. The van der Waals surface area contributed by atoms with Crippen molar-refractivity contribution in [3.8, 4) is 0 Å². The molecule has 2 aromatic rings. The zero-order chi connectivity index (χ0) is 17.4. The first-order valence-corrected chi connectivity index (χ1v) is 6.64. The van der Waals surface area contributed by atoms with Crippen molar-refractivity contribution in [3.63, 3.8) is 0 Å². The van der Waals surface area contributed by atoms with Gasteiger partial charge < -0.3 is 4.90 Å². The van der Waals surface area contributed by atoms with Gasteiger partial charge in [-0.15, -0.1) is 0 Å². The number of nitro benzene ring substituents is 2. The molecule has 0 heterocycles. The second-order valence-corrected chi connectivity index (χ2v) is 4.69. The van der Waals surface area contributed by atoms with E-state index >= 15 is 0 Å². The fraction of sp³-hybridized carbons (Fsp3) is 0.125. The normalized spacial score (nSPS) is 9.30. The number of rotatable bonds is 4.